The monoisotopic (exact) mass is 374 g/mol. The van der Waals surface area contributed by atoms with Crippen LogP contribution in [0.25, 0.3) is 0 Å². The minimum Gasteiger partial charge on any atom is -0.371 e. The minimum atomic E-state index is -0.0787. The lowest BCUT2D eigenvalue weighted by Crippen LogP contribution is -2.47. The molecule has 0 bridgehead atoms. The summed E-state index contributed by atoms with van der Waals surface area (Å²) in [6.07, 6.45) is 12.9. The Morgan fingerprint density at radius 3 is 2.67 bits per heavy atom. The Hall–Kier alpha value is -1.47. The third-order valence-corrected chi connectivity index (χ3v) is 6.95. The van der Waals surface area contributed by atoms with E-state index in [0.717, 1.165) is 30.9 Å². The van der Waals surface area contributed by atoms with Gasteiger partial charge in [0.25, 0.3) is 0 Å². The van der Waals surface area contributed by atoms with E-state index >= 15 is 0 Å². The van der Waals surface area contributed by atoms with Crippen molar-refractivity contribution in [1.29, 1.82) is 0 Å². The Labute approximate surface area is 160 Å². The van der Waals surface area contributed by atoms with Gasteiger partial charge >= 0.3 is 0 Å². The number of nitrogens with zero attached hydrogens (tertiary/aromatic N) is 3. The smallest absolute Gasteiger partial charge is 0.223 e. The van der Waals surface area contributed by atoms with Crippen LogP contribution in [0.5, 0.6) is 0 Å². The van der Waals surface area contributed by atoms with Crippen LogP contribution in [0.4, 0.5) is 0 Å². The molecule has 0 radical (unpaired) electrons. The molecule has 1 aromatic rings. The second-order valence-electron chi connectivity index (χ2n) is 8.80. The number of nitrogens with one attached hydrogen (secondary N) is 1. The summed E-state index contributed by atoms with van der Waals surface area (Å²) >= 11 is 0. The van der Waals surface area contributed by atoms with Gasteiger partial charge in [0.2, 0.25) is 5.91 Å². The first-order valence-electron chi connectivity index (χ1n) is 10.7. The highest BCUT2D eigenvalue weighted by molar-refractivity contribution is 5.79. The normalized spacial score (nSPS) is 34.4. The first kappa shape index (κ1) is 17.6. The number of hydrogen-bond donors (Lipinski definition) is 1. The number of fused-ring (bicyclic) bond motifs is 1. The van der Waals surface area contributed by atoms with E-state index in [1.165, 1.54) is 38.5 Å². The van der Waals surface area contributed by atoms with Crippen molar-refractivity contribution in [2.45, 2.75) is 82.1 Å². The lowest BCUT2D eigenvalue weighted by atomic mass is 9.84. The zero-order valence-electron chi connectivity index (χ0n) is 15.9. The highest BCUT2D eigenvalue weighted by atomic mass is 16.6. The molecule has 148 valence electrons. The van der Waals surface area contributed by atoms with E-state index < -0.39 is 0 Å². The summed E-state index contributed by atoms with van der Waals surface area (Å²) in [6, 6.07) is 0.00606. The fourth-order valence-electron chi connectivity index (χ4n) is 5.06. The molecule has 27 heavy (non-hydrogen) atoms. The van der Waals surface area contributed by atoms with E-state index in [2.05, 4.69) is 21.8 Å². The average Bonchev–Trinajstić information content (AvgIpc) is 3.32. The maximum absolute atomic E-state index is 12.3. The van der Waals surface area contributed by atoms with E-state index in [9.17, 15) is 4.79 Å². The Morgan fingerprint density at radius 2 is 1.89 bits per heavy atom. The quantitative estimate of drug-likeness (QED) is 0.853. The van der Waals surface area contributed by atoms with Gasteiger partial charge in [-0.1, -0.05) is 43.7 Å². The van der Waals surface area contributed by atoms with Crippen molar-refractivity contribution in [3.8, 4) is 0 Å². The van der Waals surface area contributed by atoms with Crippen LogP contribution in [0.15, 0.2) is 6.20 Å². The van der Waals surface area contributed by atoms with Crippen LogP contribution in [0.2, 0.25) is 0 Å². The van der Waals surface area contributed by atoms with Gasteiger partial charge in [0.15, 0.2) is 0 Å². The van der Waals surface area contributed by atoms with Crippen LogP contribution in [-0.2, 0) is 20.7 Å². The molecule has 4 fully saturated rings. The van der Waals surface area contributed by atoms with Crippen molar-refractivity contribution in [3.05, 3.63) is 11.9 Å². The molecule has 7 heteroatoms. The molecule has 3 heterocycles. The molecular formula is C20H30N4O3. The van der Waals surface area contributed by atoms with Crippen molar-refractivity contribution >= 4 is 5.91 Å². The Bertz CT molecular complexity index is 668. The van der Waals surface area contributed by atoms with Gasteiger partial charge in [-0.3, -0.25) is 4.79 Å². The SMILES string of the molecule is O=C(N[C@H]1CO[C@H]2[C@@H]1OC[C@@H]2n1cc(CC2CCCCC2)nn1)C1CCC1. The Morgan fingerprint density at radius 1 is 1.07 bits per heavy atom. The van der Waals surface area contributed by atoms with Gasteiger partial charge in [-0.2, -0.15) is 0 Å². The van der Waals surface area contributed by atoms with Crippen molar-refractivity contribution in [2.75, 3.05) is 13.2 Å². The Kier molecular flexibility index (Phi) is 4.90. The number of aromatic nitrogens is 3. The molecular weight excluding hydrogens is 344 g/mol. The number of rotatable bonds is 5. The largest absolute Gasteiger partial charge is 0.371 e. The number of carbonyl (C=O) groups is 1. The number of amides is 1. The molecule has 2 saturated carbocycles. The molecule has 7 nitrogen and oxygen atoms in total. The molecule has 0 spiro atoms. The molecule has 4 aliphatic rings. The first-order valence-corrected chi connectivity index (χ1v) is 10.7. The molecule has 1 aromatic heterocycles. The molecule has 1 amide bonds. The zero-order valence-corrected chi connectivity index (χ0v) is 15.9. The van der Waals surface area contributed by atoms with E-state index in [0.29, 0.717) is 13.2 Å². The number of ether oxygens (including phenoxy) is 2. The fraction of sp³-hybridized carbons (Fsp3) is 0.850. The number of hydrogen-bond acceptors (Lipinski definition) is 5. The van der Waals surface area contributed by atoms with Gasteiger partial charge < -0.3 is 14.8 Å². The summed E-state index contributed by atoms with van der Waals surface area (Å²) in [7, 11) is 0. The van der Waals surface area contributed by atoms with Crippen LogP contribution in [-0.4, -0.2) is 52.4 Å². The van der Waals surface area contributed by atoms with Crippen LogP contribution in [0, 0.1) is 11.8 Å². The summed E-state index contributed by atoms with van der Waals surface area (Å²) in [5, 5.41) is 11.9. The second kappa shape index (κ2) is 7.51. The summed E-state index contributed by atoms with van der Waals surface area (Å²) < 4.78 is 14.0. The average molecular weight is 374 g/mol. The predicted octanol–water partition coefficient (Wildman–Crippen LogP) is 2.02. The van der Waals surface area contributed by atoms with Crippen LogP contribution in [0.1, 0.15) is 63.1 Å². The van der Waals surface area contributed by atoms with Gasteiger partial charge in [0, 0.05) is 12.1 Å². The van der Waals surface area contributed by atoms with Crippen LogP contribution >= 0.6 is 0 Å². The third kappa shape index (κ3) is 3.51. The lowest BCUT2D eigenvalue weighted by Gasteiger charge is -2.27. The van der Waals surface area contributed by atoms with Gasteiger partial charge in [0.1, 0.15) is 18.2 Å². The van der Waals surface area contributed by atoms with E-state index in [1.807, 2.05) is 4.68 Å². The van der Waals surface area contributed by atoms with Crippen molar-refractivity contribution < 1.29 is 14.3 Å². The van der Waals surface area contributed by atoms with E-state index in [1.54, 1.807) is 0 Å². The van der Waals surface area contributed by atoms with Crippen LogP contribution < -0.4 is 5.32 Å². The fourth-order valence-corrected chi connectivity index (χ4v) is 5.06. The highest BCUT2D eigenvalue weighted by Crippen LogP contribution is 2.35. The van der Waals surface area contributed by atoms with E-state index in [4.69, 9.17) is 9.47 Å². The van der Waals surface area contributed by atoms with E-state index in [-0.39, 0.29) is 36.1 Å². The summed E-state index contributed by atoms with van der Waals surface area (Å²) in [5.74, 6) is 1.11. The molecule has 1 N–H and O–H groups in total. The minimum absolute atomic E-state index is 0.0432. The van der Waals surface area contributed by atoms with Crippen molar-refractivity contribution in [2.24, 2.45) is 11.8 Å². The maximum Gasteiger partial charge on any atom is 0.223 e. The predicted molar refractivity (Wildman–Crippen MR) is 98.1 cm³/mol. The van der Waals surface area contributed by atoms with Crippen molar-refractivity contribution in [1.82, 2.24) is 20.3 Å². The van der Waals surface area contributed by atoms with Gasteiger partial charge in [-0.05, 0) is 25.2 Å². The standard InChI is InChI=1S/C20H30N4O3/c25-20(14-7-4-8-14)21-16-11-26-19-17(12-27-18(16)19)24-10-15(22-23-24)9-13-5-2-1-3-6-13/h10,13-14,16-19H,1-9,11-12H2,(H,21,25)/t16-,17-,18+,19+/m0/s1. The molecule has 2 aliphatic heterocycles. The zero-order chi connectivity index (χ0) is 18.2. The molecule has 0 aromatic carbocycles. The van der Waals surface area contributed by atoms with Gasteiger partial charge in [0.05, 0.1) is 24.9 Å². The highest BCUT2D eigenvalue weighted by Gasteiger charge is 2.49. The second-order valence-corrected chi connectivity index (χ2v) is 8.80. The summed E-state index contributed by atoms with van der Waals surface area (Å²) in [6.45, 7) is 1.09. The summed E-state index contributed by atoms with van der Waals surface area (Å²) in [5.41, 5.74) is 1.08. The molecule has 0 unspecified atom stereocenters. The topological polar surface area (TPSA) is 78.3 Å². The van der Waals surface area contributed by atoms with Crippen molar-refractivity contribution in [3.63, 3.8) is 0 Å². The molecule has 4 atom stereocenters. The lowest BCUT2D eigenvalue weighted by molar-refractivity contribution is -0.128. The molecule has 5 rings (SSSR count). The van der Waals surface area contributed by atoms with Crippen LogP contribution in [0.3, 0.4) is 0 Å². The van der Waals surface area contributed by atoms with Gasteiger partial charge in [-0.25, -0.2) is 4.68 Å². The molecule has 2 aliphatic carbocycles. The third-order valence-electron chi connectivity index (χ3n) is 6.95. The summed E-state index contributed by atoms with van der Waals surface area (Å²) in [4.78, 5) is 12.3. The first-order chi connectivity index (χ1) is 13.3. The maximum atomic E-state index is 12.3. The Balaban J connectivity index is 1.19. The molecule has 2 saturated heterocycles. The van der Waals surface area contributed by atoms with Gasteiger partial charge in [-0.15, -0.1) is 5.10 Å². The number of carbonyl (C=O) groups excluding carboxylic acids is 1.